The predicted molar refractivity (Wildman–Crippen MR) is 80.5 cm³/mol. The molecule has 2 aromatic heterocycles. The van der Waals surface area contributed by atoms with Crippen LogP contribution in [0.5, 0.6) is 0 Å². The third-order valence-electron chi connectivity index (χ3n) is 3.20. The zero-order valence-electron chi connectivity index (χ0n) is 12.4. The Bertz CT molecular complexity index is 1040. The quantitative estimate of drug-likeness (QED) is 0.733. The summed E-state index contributed by atoms with van der Waals surface area (Å²) < 4.78 is 38.5. The lowest BCUT2D eigenvalue weighted by Crippen LogP contribution is -2.35. The van der Waals surface area contributed by atoms with Crippen molar-refractivity contribution in [2.75, 3.05) is 0 Å². The molecule has 12 heteroatoms. The van der Waals surface area contributed by atoms with Crippen molar-refractivity contribution in [3.8, 4) is 17.1 Å². The van der Waals surface area contributed by atoms with Gasteiger partial charge < -0.3 is 4.98 Å². The number of benzene rings is 1. The van der Waals surface area contributed by atoms with Gasteiger partial charge in [-0.3, -0.25) is 4.79 Å². The van der Waals surface area contributed by atoms with Crippen molar-refractivity contribution in [3.63, 3.8) is 0 Å². The minimum atomic E-state index is -4.84. The van der Waals surface area contributed by atoms with Crippen LogP contribution in [-0.2, 0) is 13.2 Å². The van der Waals surface area contributed by atoms with E-state index in [2.05, 4.69) is 15.4 Å². The highest BCUT2D eigenvalue weighted by molar-refractivity contribution is 6.33. The molecular formula is C13H8ClF3N6O2. The Kier molecular flexibility index (Phi) is 3.95. The summed E-state index contributed by atoms with van der Waals surface area (Å²) in [5, 5.41) is 11.6. The van der Waals surface area contributed by atoms with Gasteiger partial charge in [-0.25, -0.2) is 9.36 Å². The molecule has 1 aromatic carbocycles. The summed E-state index contributed by atoms with van der Waals surface area (Å²) in [7, 11) is 1.53. The highest BCUT2D eigenvalue weighted by atomic mass is 35.5. The van der Waals surface area contributed by atoms with Gasteiger partial charge in [0.15, 0.2) is 0 Å². The first-order chi connectivity index (χ1) is 11.7. The molecule has 0 spiro atoms. The molecule has 1 N–H and O–H groups in total. The molecule has 3 aromatic rings. The van der Waals surface area contributed by atoms with Gasteiger partial charge in [0.2, 0.25) is 5.82 Å². The molecule has 0 saturated carbocycles. The number of aryl methyl sites for hydroxylation is 1. The highest BCUT2D eigenvalue weighted by Crippen LogP contribution is 2.27. The number of hydrogen-bond donors (Lipinski definition) is 1. The smallest absolute Gasteiger partial charge is 0.303 e. The van der Waals surface area contributed by atoms with Crippen LogP contribution in [0, 0.1) is 0 Å². The molecule has 0 aliphatic carbocycles. The summed E-state index contributed by atoms with van der Waals surface area (Å²) in [4.78, 5) is 26.8. The van der Waals surface area contributed by atoms with Crippen molar-refractivity contribution in [1.29, 1.82) is 0 Å². The van der Waals surface area contributed by atoms with E-state index in [1.54, 1.807) is 4.98 Å². The molecule has 130 valence electrons. The largest absolute Gasteiger partial charge is 0.431 e. The second-order valence-corrected chi connectivity index (χ2v) is 5.33. The highest BCUT2D eigenvalue weighted by Gasteiger charge is 2.33. The Hall–Kier alpha value is -2.95. The van der Waals surface area contributed by atoms with Crippen LogP contribution in [0.25, 0.3) is 17.1 Å². The second kappa shape index (κ2) is 5.84. The van der Waals surface area contributed by atoms with E-state index in [0.717, 1.165) is 0 Å². The fourth-order valence-corrected chi connectivity index (χ4v) is 2.31. The molecule has 0 bridgehead atoms. The number of tetrazole rings is 1. The monoisotopic (exact) mass is 372 g/mol. The molecule has 0 atom stereocenters. The molecule has 2 heterocycles. The molecule has 8 nitrogen and oxygen atoms in total. The summed E-state index contributed by atoms with van der Waals surface area (Å²) in [6.45, 7) is 0. The van der Waals surface area contributed by atoms with Crippen molar-refractivity contribution < 1.29 is 13.2 Å². The van der Waals surface area contributed by atoms with Crippen molar-refractivity contribution >= 4 is 11.6 Å². The first-order valence-corrected chi connectivity index (χ1v) is 7.02. The Morgan fingerprint density at radius 2 is 1.92 bits per heavy atom. The zero-order chi connectivity index (χ0) is 18.4. The van der Waals surface area contributed by atoms with E-state index < -0.39 is 23.1 Å². The van der Waals surface area contributed by atoms with Crippen molar-refractivity contribution in [1.82, 2.24) is 29.8 Å². The fourth-order valence-electron chi connectivity index (χ4n) is 2.11. The molecule has 3 rings (SSSR count). The minimum absolute atomic E-state index is 0.00632. The first kappa shape index (κ1) is 16.9. The van der Waals surface area contributed by atoms with E-state index in [1.807, 2.05) is 0 Å². The van der Waals surface area contributed by atoms with Gasteiger partial charge in [0.05, 0.1) is 17.8 Å². The number of H-pyrrole nitrogens is 1. The number of nitrogens with one attached hydrogen (secondary N) is 1. The van der Waals surface area contributed by atoms with Gasteiger partial charge in [-0.05, 0) is 23.4 Å². The molecule has 0 aliphatic heterocycles. The van der Waals surface area contributed by atoms with E-state index in [-0.39, 0.29) is 22.1 Å². The van der Waals surface area contributed by atoms with Crippen molar-refractivity contribution in [3.05, 3.63) is 55.8 Å². The SMILES string of the molecule is Cn1nnc(-c2cc(-n3c(=O)cc(C(F)(F)F)[nH]c3=O)ccc2Cl)n1. The second-order valence-electron chi connectivity index (χ2n) is 4.93. The van der Waals surface area contributed by atoms with E-state index in [4.69, 9.17) is 11.6 Å². The predicted octanol–water partition coefficient (Wildman–Crippen LogP) is 1.39. The molecule has 0 unspecified atom stereocenters. The number of hydrogen-bond acceptors (Lipinski definition) is 5. The van der Waals surface area contributed by atoms with Crippen molar-refractivity contribution in [2.45, 2.75) is 6.18 Å². The Morgan fingerprint density at radius 3 is 2.48 bits per heavy atom. The summed E-state index contributed by atoms with van der Waals surface area (Å²) in [5.41, 5.74) is -3.54. The van der Waals surface area contributed by atoms with Crippen molar-refractivity contribution in [2.24, 2.45) is 7.05 Å². The van der Waals surface area contributed by atoms with Crippen LogP contribution in [0.3, 0.4) is 0 Å². The van der Waals surface area contributed by atoms with Crippen LogP contribution in [0.4, 0.5) is 13.2 Å². The number of halogens is 4. The number of rotatable bonds is 2. The van der Waals surface area contributed by atoms with Gasteiger partial charge >= 0.3 is 11.9 Å². The van der Waals surface area contributed by atoms with E-state index in [9.17, 15) is 22.8 Å². The first-order valence-electron chi connectivity index (χ1n) is 6.64. The number of aromatic amines is 1. The third-order valence-corrected chi connectivity index (χ3v) is 3.53. The van der Waals surface area contributed by atoms with E-state index in [0.29, 0.717) is 10.6 Å². The standard InChI is InChI=1S/C13H8ClF3N6O2/c1-22-20-11(19-21-22)7-4-6(2-3-8(7)14)23-10(24)5-9(13(15,16)17)18-12(23)25/h2-5H,1H3,(H,18,25). The molecule has 0 amide bonds. The van der Waals surface area contributed by atoms with Crippen LogP contribution < -0.4 is 11.2 Å². The van der Waals surface area contributed by atoms with E-state index >= 15 is 0 Å². The number of nitrogens with zero attached hydrogens (tertiary/aromatic N) is 5. The minimum Gasteiger partial charge on any atom is -0.303 e. The van der Waals surface area contributed by atoms with Crippen LogP contribution in [0.15, 0.2) is 33.9 Å². The van der Waals surface area contributed by atoms with Crippen LogP contribution in [0.1, 0.15) is 5.69 Å². The van der Waals surface area contributed by atoms with Gasteiger partial charge in [-0.2, -0.15) is 18.0 Å². The van der Waals surface area contributed by atoms with Gasteiger partial charge in [0, 0.05) is 11.6 Å². The zero-order valence-corrected chi connectivity index (χ0v) is 13.1. The van der Waals surface area contributed by atoms with Crippen LogP contribution in [-0.4, -0.2) is 29.8 Å². The number of alkyl halides is 3. The lowest BCUT2D eigenvalue weighted by Gasteiger charge is -2.10. The summed E-state index contributed by atoms with van der Waals surface area (Å²) in [5.74, 6) is 0.130. The maximum absolute atomic E-state index is 12.7. The Balaban J connectivity index is 2.18. The maximum atomic E-state index is 12.7. The summed E-state index contributed by atoms with van der Waals surface area (Å²) in [6, 6.07) is 4.29. The third kappa shape index (κ3) is 3.18. The van der Waals surface area contributed by atoms with E-state index in [1.165, 1.54) is 30.0 Å². The number of aromatic nitrogens is 6. The maximum Gasteiger partial charge on any atom is 0.431 e. The average Bonchev–Trinajstić information content (AvgIpc) is 2.93. The molecular weight excluding hydrogens is 365 g/mol. The topological polar surface area (TPSA) is 98.5 Å². The van der Waals surface area contributed by atoms with Gasteiger partial charge in [0.1, 0.15) is 5.69 Å². The molecule has 25 heavy (non-hydrogen) atoms. The fraction of sp³-hybridized carbons (Fsp3) is 0.154. The van der Waals surface area contributed by atoms with Crippen LogP contribution >= 0.6 is 11.6 Å². The Labute approximate surface area is 141 Å². The summed E-state index contributed by atoms with van der Waals surface area (Å²) in [6.07, 6.45) is -4.84. The molecule has 0 fully saturated rings. The lowest BCUT2D eigenvalue weighted by atomic mass is 10.2. The Morgan fingerprint density at radius 1 is 1.20 bits per heavy atom. The van der Waals surface area contributed by atoms with Gasteiger partial charge in [-0.1, -0.05) is 11.6 Å². The molecule has 0 aliphatic rings. The normalized spacial score (nSPS) is 11.7. The average molecular weight is 373 g/mol. The lowest BCUT2D eigenvalue weighted by molar-refractivity contribution is -0.141. The van der Waals surface area contributed by atoms with Gasteiger partial charge in [-0.15, -0.1) is 10.2 Å². The summed E-state index contributed by atoms with van der Waals surface area (Å²) >= 11 is 6.05. The van der Waals surface area contributed by atoms with Gasteiger partial charge in [0.25, 0.3) is 5.56 Å². The van der Waals surface area contributed by atoms with Crippen LogP contribution in [0.2, 0.25) is 5.02 Å². The molecule has 0 saturated heterocycles. The molecule has 0 radical (unpaired) electrons.